The number of alkyl halides is 3. The summed E-state index contributed by atoms with van der Waals surface area (Å²) in [5.41, 5.74) is -2.01. The van der Waals surface area contributed by atoms with Gasteiger partial charge in [-0.15, -0.1) is 0 Å². The Labute approximate surface area is 198 Å². The Morgan fingerprint density at radius 1 is 1.20 bits per heavy atom. The molecule has 180 valence electrons. The number of hydrogen-bond donors (Lipinski definition) is 2. The van der Waals surface area contributed by atoms with Gasteiger partial charge < -0.3 is 15.0 Å². The average molecular weight is 509 g/mol. The van der Waals surface area contributed by atoms with Gasteiger partial charge in [-0.1, -0.05) is 11.6 Å². The maximum absolute atomic E-state index is 13.5. The highest BCUT2D eigenvalue weighted by molar-refractivity contribution is 6.31. The Hall–Kier alpha value is -4.26. The molecule has 9 nitrogen and oxygen atoms in total. The number of carboxylic acids is 1. The third-order valence-corrected chi connectivity index (χ3v) is 5.06. The van der Waals surface area contributed by atoms with Gasteiger partial charge in [0.2, 0.25) is 5.95 Å². The second kappa shape index (κ2) is 8.83. The van der Waals surface area contributed by atoms with Crippen LogP contribution in [-0.2, 0) is 13.2 Å². The first kappa shape index (κ1) is 23.9. The van der Waals surface area contributed by atoms with E-state index in [4.69, 9.17) is 11.6 Å². The standard InChI is InChI=1S/C21H13ClF4N6O3/c1-31-9-10(6-12(18(31)33)19(34)35)13-8-27-20(28-11-2-3-15(23)14(22)7-11)29-17(13)32-5-4-16(30-32)21(24,25)26/h2-9H,1H3,(H,34,35)(H,27,28,29). The van der Waals surface area contributed by atoms with Crippen LogP contribution in [0, 0.1) is 5.82 Å². The highest BCUT2D eigenvalue weighted by Crippen LogP contribution is 2.31. The molecule has 4 aromatic rings. The minimum Gasteiger partial charge on any atom is -0.477 e. The molecule has 0 spiro atoms. The molecule has 0 amide bonds. The van der Waals surface area contributed by atoms with E-state index < -0.39 is 34.8 Å². The zero-order valence-electron chi connectivity index (χ0n) is 17.5. The number of pyridine rings is 1. The second-order valence-corrected chi connectivity index (χ2v) is 7.60. The van der Waals surface area contributed by atoms with Crippen LogP contribution in [0.3, 0.4) is 0 Å². The lowest BCUT2D eigenvalue weighted by molar-refractivity contribution is -0.141. The topological polar surface area (TPSA) is 115 Å². The molecule has 3 aromatic heterocycles. The van der Waals surface area contributed by atoms with E-state index in [2.05, 4.69) is 20.4 Å². The number of carboxylic acid groups (broad SMARTS) is 1. The van der Waals surface area contributed by atoms with Gasteiger partial charge in [-0.2, -0.15) is 23.3 Å². The summed E-state index contributed by atoms with van der Waals surface area (Å²) >= 11 is 5.77. The number of aryl methyl sites for hydroxylation is 1. The van der Waals surface area contributed by atoms with Crippen molar-refractivity contribution >= 4 is 29.2 Å². The van der Waals surface area contributed by atoms with Crippen LogP contribution in [-0.4, -0.2) is 35.4 Å². The summed E-state index contributed by atoms with van der Waals surface area (Å²) in [4.78, 5) is 32.0. The van der Waals surface area contributed by atoms with Gasteiger partial charge in [0.15, 0.2) is 11.5 Å². The summed E-state index contributed by atoms with van der Waals surface area (Å²) in [7, 11) is 1.32. The van der Waals surface area contributed by atoms with Crippen molar-refractivity contribution in [1.29, 1.82) is 0 Å². The Balaban J connectivity index is 1.88. The monoisotopic (exact) mass is 508 g/mol. The van der Waals surface area contributed by atoms with Crippen LogP contribution in [0.2, 0.25) is 5.02 Å². The summed E-state index contributed by atoms with van der Waals surface area (Å²) in [6.45, 7) is 0. The molecule has 1 aromatic carbocycles. The van der Waals surface area contributed by atoms with Crippen molar-refractivity contribution in [2.45, 2.75) is 6.18 Å². The molecule has 14 heteroatoms. The van der Waals surface area contributed by atoms with Crippen LogP contribution in [0.1, 0.15) is 16.1 Å². The van der Waals surface area contributed by atoms with E-state index in [0.717, 1.165) is 33.6 Å². The van der Waals surface area contributed by atoms with E-state index >= 15 is 0 Å². The lowest BCUT2D eigenvalue weighted by Gasteiger charge is -2.13. The van der Waals surface area contributed by atoms with E-state index in [0.29, 0.717) is 5.69 Å². The number of carbonyl (C=O) groups is 1. The molecule has 3 heterocycles. The van der Waals surface area contributed by atoms with E-state index in [1.54, 1.807) is 0 Å². The van der Waals surface area contributed by atoms with Crippen molar-refractivity contribution in [3.63, 3.8) is 0 Å². The number of anilines is 2. The molecule has 0 unspecified atom stereocenters. The predicted molar refractivity (Wildman–Crippen MR) is 116 cm³/mol. The van der Waals surface area contributed by atoms with Crippen molar-refractivity contribution in [1.82, 2.24) is 24.3 Å². The molecule has 0 bridgehead atoms. The van der Waals surface area contributed by atoms with Crippen LogP contribution >= 0.6 is 11.6 Å². The molecular formula is C21H13ClF4N6O3. The third kappa shape index (κ3) is 4.84. The van der Waals surface area contributed by atoms with Gasteiger partial charge in [0.25, 0.3) is 5.56 Å². The Morgan fingerprint density at radius 3 is 2.57 bits per heavy atom. The number of benzene rings is 1. The van der Waals surface area contributed by atoms with E-state index in [1.165, 1.54) is 31.6 Å². The van der Waals surface area contributed by atoms with Gasteiger partial charge in [0.1, 0.15) is 11.4 Å². The van der Waals surface area contributed by atoms with Crippen LogP contribution in [0.25, 0.3) is 16.9 Å². The minimum atomic E-state index is -4.72. The number of rotatable bonds is 5. The zero-order chi connectivity index (χ0) is 25.5. The number of nitrogens with zero attached hydrogens (tertiary/aromatic N) is 5. The van der Waals surface area contributed by atoms with E-state index in [1.807, 2.05) is 0 Å². The molecule has 4 rings (SSSR count). The van der Waals surface area contributed by atoms with Crippen LogP contribution in [0.4, 0.5) is 29.2 Å². The molecular weight excluding hydrogens is 496 g/mol. The molecule has 0 aliphatic rings. The SMILES string of the molecule is Cn1cc(-c2cnc(Nc3ccc(F)c(Cl)c3)nc2-n2ccc(C(F)(F)F)n2)cc(C(=O)O)c1=O. The zero-order valence-corrected chi connectivity index (χ0v) is 18.3. The fourth-order valence-corrected chi connectivity index (χ4v) is 3.30. The number of aromatic carboxylic acids is 1. The summed E-state index contributed by atoms with van der Waals surface area (Å²) in [5.74, 6) is -2.39. The molecule has 0 aliphatic carbocycles. The summed E-state index contributed by atoms with van der Waals surface area (Å²) in [6, 6.07) is 5.51. The van der Waals surface area contributed by atoms with Gasteiger partial charge >= 0.3 is 12.1 Å². The van der Waals surface area contributed by atoms with Gasteiger partial charge in [0, 0.05) is 42.5 Å². The first-order valence-electron chi connectivity index (χ1n) is 9.60. The molecule has 2 N–H and O–H groups in total. The lowest BCUT2D eigenvalue weighted by Crippen LogP contribution is -2.24. The van der Waals surface area contributed by atoms with E-state index in [9.17, 15) is 32.3 Å². The number of halogens is 5. The fraction of sp³-hybridized carbons (Fsp3) is 0.0952. The predicted octanol–water partition coefficient (Wildman–Crippen LogP) is 4.28. The molecule has 0 fully saturated rings. The molecule has 0 saturated carbocycles. The normalized spacial score (nSPS) is 11.5. The van der Waals surface area contributed by atoms with Gasteiger partial charge in [-0.05, 0) is 30.3 Å². The quantitative estimate of drug-likeness (QED) is 0.387. The van der Waals surface area contributed by atoms with Crippen LogP contribution < -0.4 is 10.9 Å². The third-order valence-electron chi connectivity index (χ3n) is 4.77. The first-order valence-corrected chi connectivity index (χ1v) is 9.98. The summed E-state index contributed by atoms with van der Waals surface area (Å²) in [6.07, 6.45) is -1.20. The minimum absolute atomic E-state index is 0.0858. The van der Waals surface area contributed by atoms with Gasteiger partial charge in [-0.25, -0.2) is 18.9 Å². The average Bonchev–Trinajstić information content (AvgIpc) is 3.29. The van der Waals surface area contributed by atoms with Crippen molar-refractivity contribution in [3.8, 4) is 16.9 Å². The number of aromatic nitrogens is 5. The highest BCUT2D eigenvalue weighted by atomic mass is 35.5. The largest absolute Gasteiger partial charge is 0.477 e. The van der Waals surface area contributed by atoms with Gasteiger partial charge in [0.05, 0.1) is 5.02 Å². The van der Waals surface area contributed by atoms with Crippen molar-refractivity contribution in [2.75, 3.05) is 5.32 Å². The first-order chi connectivity index (χ1) is 16.4. The maximum Gasteiger partial charge on any atom is 0.435 e. The van der Waals surface area contributed by atoms with Crippen LogP contribution in [0.15, 0.2) is 53.7 Å². The Morgan fingerprint density at radius 2 is 1.94 bits per heavy atom. The lowest BCUT2D eigenvalue weighted by atomic mass is 10.1. The highest BCUT2D eigenvalue weighted by Gasteiger charge is 2.34. The Bertz CT molecular complexity index is 1520. The smallest absolute Gasteiger partial charge is 0.435 e. The summed E-state index contributed by atoms with van der Waals surface area (Å²) < 4.78 is 54.8. The Kier molecular flexibility index (Phi) is 6.03. The van der Waals surface area contributed by atoms with Crippen molar-refractivity contribution < 1.29 is 27.5 Å². The van der Waals surface area contributed by atoms with E-state index in [-0.39, 0.29) is 27.9 Å². The molecule has 0 atom stereocenters. The molecule has 0 aliphatic heterocycles. The summed E-state index contributed by atoms with van der Waals surface area (Å²) in [5, 5.41) is 15.5. The molecule has 0 saturated heterocycles. The van der Waals surface area contributed by atoms with Gasteiger partial charge in [-0.3, -0.25) is 4.79 Å². The van der Waals surface area contributed by atoms with Crippen molar-refractivity contribution in [3.05, 3.63) is 81.4 Å². The maximum atomic E-state index is 13.5. The fourth-order valence-electron chi connectivity index (χ4n) is 3.12. The van der Waals surface area contributed by atoms with Crippen LogP contribution in [0.5, 0.6) is 0 Å². The molecule has 35 heavy (non-hydrogen) atoms. The van der Waals surface area contributed by atoms with Crippen molar-refractivity contribution in [2.24, 2.45) is 7.05 Å². The number of hydrogen-bond acceptors (Lipinski definition) is 6. The molecule has 0 radical (unpaired) electrons. The number of nitrogens with one attached hydrogen (secondary N) is 1. The second-order valence-electron chi connectivity index (χ2n) is 7.19.